The average Bonchev–Trinajstić information content (AvgIpc) is 2.76. The van der Waals surface area contributed by atoms with E-state index in [1.807, 2.05) is 0 Å². The molecule has 4 heteroatoms. The Bertz CT molecular complexity index is 327. The van der Waals surface area contributed by atoms with Crippen molar-refractivity contribution < 1.29 is 15.3 Å². The van der Waals surface area contributed by atoms with Gasteiger partial charge in [0.15, 0.2) is 0 Å². The Morgan fingerprint density at radius 3 is 1.23 bits per heavy atom. The van der Waals surface area contributed by atoms with Gasteiger partial charge in [-0.2, -0.15) is 0 Å². The summed E-state index contributed by atoms with van der Waals surface area (Å²) in [4.78, 5) is 2.58. The van der Waals surface area contributed by atoms with E-state index < -0.39 is 5.60 Å². The average molecular weight is 444 g/mol. The second kappa shape index (κ2) is 23.0. The highest BCUT2D eigenvalue weighted by molar-refractivity contribution is 4.79. The van der Waals surface area contributed by atoms with E-state index in [-0.39, 0.29) is 0 Å². The van der Waals surface area contributed by atoms with Crippen LogP contribution < -0.4 is 0 Å². The van der Waals surface area contributed by atoms with Crippen LogP contribution in [0.5, 0.6) is 0 Å². The smallest absolute Gasteiger partial charge is 0.0647 e. The molecule has 0 amide bonds. The van der Waals surface area contributed by atoms with Crippen molar-refractivity contribution in [1.29, 1.82) is 0 Å². The lowest BCUT2D eigenvalue weighted by atomic mass is 9.85. The van der Waals surface area contributed by atoms with Gasteiger partial charge in [-0.3, -0.25) is 0 Å². The molecule has 0 aromatic heterocycles. The third-order valence-electron chi connectivity index (χ3n) is 6.55. The fraction of sp³-hybridized carbons (Fsp3) is 1.00. The van der Waals surface area contributed by atoms with Gasteiger partial charge in [0.2, 0.25) is 0 Å². The van der Waals surface area contributed by atoms with Gasteiger partial charge in [-0.1, -0.05) is 78.1 Å². The Morgan fingerprint density at radius 1 is 0.484 bits per heavy atom. The molecule has 0 spiro atoms. The molecule has 0 heterocycles. The molecule has 0 saturated heterocycles. The van der Waals surface area contributed by atoms with Crippen molar-refractivity contribution in [2.75, 3.05) is 32.8 Å². The van der Waals surface area contributed by atoms with Gasteiger partial charge in [-0.15, -0.1) is 0 Å². The van der Waals surface area contributed by atoms with Crippen LogP contribution in [0.25, 0.3) is 0 Å². The molecule has 0 aromatic rings. The number of unbranched alkanes of at least 4 members (excludes halogenated alkanes) is 11. The van der Waals surface area contributed by atoms with Crippen molar-refractivity contribution in [1.82, 2.24) is 4.90 Å². The molecule has 188 valence electrons. The molecule has 0 aliphatic heterocycles. The minimum Gasteiger partial charge on any atom is -0.396 e. The van der Waals surface area contributed by atoms with E-state index in [0.29, 0.717) is 13.2 Å². The van der Waals surface area contributed by atoms with E-state index >= 15 is 0 Å². The fourth-order valence-electron chi connectivity index (χ4n) is 4.68. The molecule has 0 bridgehead atoms. The van der Waals surface area contributed by atoms with E-state index in [1.54, 1.807) is 0 Å². The molecule has 0 aliphatic rings. The van der Waals surface area contributed by atoms with Gasteiger partial charge in [0, 0.05) is 13.2 Å². The van der Waals surface area contributed by atoms with Crippen molar-refractivity contribution in [3.05, 3.63) is 0 Å². The lowest BCUT2D eigenvalue weighted by Gasteiger charge is -2.29. The largest absolute Gasteiger partial charge is 0.396 e. The lowest BCUT2D eigenvalue weighted by molar-refractivity contribution is 0.00662. The third-order valence-corrected chi connectivity index (χ3v) is 6.55. The van der Waals surface area contributed by atoms with Gasteiger partial charge in [0.1, 0.15) is 0 Å². The van der Waals surface area contributed by atoms with Crippen LogP contribution in [-0.2, 0) is 0 Å². The number of hydrogen-bond acceptors (Lipinski definition) is 4. The number of rotatable bonds is 25. The van der Waals surface area contributed by atoms with Crippen molar-refractivity contribution in [2.24, 2.45) is 0 Å². The fourth-order valence-corrected chi connectivity index (χ4v) is 4.68. The SMILES string of the molecule is CCCN(CCC)CCCCC(O)(CCCCCCCCO)CCCCCCCCO. The summed E-state index contributed by atoms with van der Waals surface area (Å²) >= 11 is 0. The van der Waals surface area contributed by atoms with Gasteiger partial charge in [-0.25, -0.2) is 0 Å². The van der Waals surface area contributed by atoms with E-state index in [0.717, 1.165) is 64.2 Å². The summed E-state index contributed by atoms with van der Waals surface area (Å²) in [5.41, 5.74) is -0.476. The molecule has 0 rings (SSSR count). The molecule has 0 fully saturated rings. The highest BCUT2D eigenvalue weighted by atomic mass is 16.3. The van der Waals surface area contributed by atoms with Crippen LogP contribution in [0.2, 0.25) is 0 Å². The van der Waals surface area contributed by atoms with Crippen molar-refractivity contribution >= 4 is 0 Å². The Morgan fingerprint density at radius 2 is 0.839 bits per heavy atom. The minimum absolute atomic E-state index is 0.313. The Hall–Kier alpha value is -0.160. The van der Waals surface area contributed by atoms with Crippen molar-refractivity contribution in [2.45, 2.75) is 141 Å². The van der Waals surface area contributed by atoms with Gasteiger partial charge in [0.05, 0.1) is 5.60 Å². The van der Waals surface area contributed by atoms with Crippen LogP contribution in [0.3, 0.4) is 0 Å². The van der Waals surface area contributed by atoms with E-state index in [9.17, 15) is 5.11 Å². The second-order valence-electron chi connectivity index (χ2n) is 9.71. The summed E-state index contributed by atoms with van der Waals surface area (Å²) in [6, 6.07) is 0. The number of nitrogens with zero attached hydrogens (tertiary/aromatic N) is 1. The first-order valence-corrected chi connectivity index (χ1v) is 13.8. The highest BCUT2D eigenvalue weighted by Crippen LogP contribution is 2.28. The summed E-state index contributed by atoms with van der Waals surface area (Å²) < 4.78 is 0. The van der Waals surface area contributed by atoms with Crippen molar-refractivity contribution in [3.8, 4) is 0 Å². The van der Waals surface area contributed by atoms with Crippen LogP contribution in [0, 0.1) is 0 Å². The first kappa shape index (κ1) is 30.8. The molecule has 3 N–H and O–H groups in total. The topological polar surface area (TPSA) is 63.9 Å². The van der Waals surface area contributed by atoms with E-state index in [2.05, 4.69) is 18.7 Å². The lowest BCUT2D eigenvalue weighted by Crippen LogP contribution is -2.30. The van der Waals surface area contributed by atoms with Crippen LogP contribution in [0.4, 0.5) is 0 Å². The summed E-state index contributed by atoms with van der Waals surface area (Å²) in [7, 11) is 0. The molecule has 0 aliphatic carbocycles. The molecule has 0 atom stereocenters. The second-order valence-corrected chi connectivity index (χ2v) is 9.71. The zero-order valence-electron chi connectivity index (χ0n) is 21.3. The molecule has 0 unspecified atom stereocenters. The van der Waals surface area contributed by atoms with Gasteiger partial charge in [-0.05, 0) is 77.4 Å². The van der Waals surface area contributed by atoms with E-state index in [1.165, 1.54) is 77.4 Å². The quantitative estimate of drug-likeness (QED) is 0.142. The maximum atomic E-state index is 11.4. The summed E-state index contributed by atoms with van der Waals surface area (Å²) in [6.45, 7) is 8.72. The molecular weight excluding hydrogens is 386 g/mol. The molecule has 4 nitrogen and oxygen atoms in total. The van der Waals surface area contributed by atoms with Gasteiger partial charge >= 0.3 is 0 Å². The molecular formula is C27H57NO3. The maximum absolute atomic E-state index is 11.4. The minimum atomic E-state index is -0.476. The Labute approximate surface area is 194 Å². The zero-order valence-corrected chi connectivity index (χ0v) is 21.3. The van der Waals surface area contributed by atoms with Gasteiger partial charge in [0.25, 0.3) is 0 Å². The van der Waals surface area contributed by atoms with Crippen LogP contribution in [-0.4, -0.2) is 58.7 Å². The van der Waals surface area contributed by atoms with Crippen molar-refractivity contribution in [3.63, 3.8) is 0 Å². The maximum Gasteiger partial charge on any atom is 0.0647 e. The summed E-state index contributed by atoms with van der Waals surface area (Å²) in [5, 5.41) is 29.2. The predicted octanol–water partition coefficient (Wildman–Crippen LogP) is 6.46. The van der Waals surface area contributed by atoms with Crippen LogP contribution >= 0.6 is 0 Å². The first-order chi connectivity index (χ1) is 15.1. The number of aliphatic hydroxyl groups excluding tert-OH is 2. The first-order valence-electron chi connectivity index (χ1n) is 13.8. The van der Waals surface area contributed by atoms with Crippen LogP contribution in [0.1, 0.15) is 136 Å². The Balaban J connectivity index is 4.26. The molecule has 0 radical (unpaired) electrons. The summed E-state index contributed by atoms with van der Waals surface area (Å²) in [5.74, 6) is 0. The standard InChI is InChI=1S/C27H57NO3/c1-3-22-28(23-4-2)24-16-15-21-27(31,19-13-9-5-7-11-17-25-29)20-14-10-6-8-12-18-26-30/h29-31H,3-26H2,1-2H3. The van der Waals surface area contributed by atoms with E-state index in [4.69, 9.17) is 10.2 Å². The number of hydrogen-bond donors (Lipinski definition) is 3. The van der Waals surface area contributed by atoms with Gasteiger partial charge < -0.3 is 20.2 Å². The highest BCUT2D eigenvalue weighted by Gasteiger charge is 2.25. The molecule has 31 heavy (non-hydrogen) atoms. The normalized spacial score (nSPS) is 12.2. The molecule has 0 aromatic carbocycles. The third kappa shape index (κ3) is 20.2. The summed E-state index contributed by atoms with van der Waals surface area (Å²) in [6.07, 6.45) is 21.3. The Kier molecular flexibility index (Phi) is 22.9. The van der Waals surface area contributed by atoms with Crippen LogP contribution in [0.15, 0.2) is 0 Å². The monoisotopic (exact) mass is 443 g/mol. The predicted molar refractivity (Wildman–Crippen MR) is 135 cm³/mol. The zero-order chi connectivity index (χ0) is 23.0. The number of aliphatic hydroxyl groups is 3. The molecule has 0 saturated carbocycles.